The summed E-state index contributed by atoms with van der Waals surface area (Å²) in [6.45, 7) is 5.44. The van der Waals surface area contributed by atoms with Crippen molar-refractivity contribution in [3.05, 3.63) is 69.8 Å². The molecule has 7 nitrogen and oxygen atoms in total. The molecule has 2 aromatic rings. The molecule has 0 saturated carbocycles. The summed E-state index contributed by atoms with van der Waals surface area (Å²) < 4.78 is 67.8. The predicted molar refractivity (Wildman–Crippen MR) is 143 cm³/mol. The molecule has 210 valence electrons. The van der Waals surface area contributed by atoms with Gasteiger partial charge in [0.1, 0.15) is 0 Å². The summed E-state index contributed by atoms with van der Waals surface area (Å²) in [7, 11) is -4.02. The maximum atomic E-state index is 12.5. The third-order valence-electron chi connectivity index (χ3n) is 6.24. The first-order chi connectivity index (χ1) is 17.6. The normalized spacial score (nSPS) is 16.6. The zero-order valence-electron chi connectivity index (χ0n) is 21.3. The van der Waals surface area contributed by atoms with Crippen LogP contribution < -0.4 is 5.32 Å². The van der Waals surface area contributed by atoms with E-state index in [0.29, 0.717) is 41.7 Å². The van der Waals surface area contributed by atoms with Gasteiger partial charge < -0.3 is 10.4 Å². The molecule has 0 aromatic heterocycles. The Hall–Kier alpha value is -2.41. The number of hydrogen-bond donors (Lipinski definition) is 3. The Morgan fingerprint density at radius 3 is 2.16 bits per heavy atom. The quantitative estimate of drug-likeness (QED) is 0.267. The molecule has 3 N–H and O–H groups in total. The number of hydrogen-bond acceptors (Lipinski definition) is 5. The molecule has 2 aromatic carbocycles. The van der Waals surface area contributed by atoms with Crippen LogP contribution in [0, 0.1) is 12.8 Å². The number of aliphatic carboxylic acids is 1. The van der Waals surface area contributed by atoms with Gasteiger partial charge in [-0.25, -0.2) is 4.79 Å². The zero-order valence-corrected chi connectivity index (χ0v) is 23.7. The van der Waals surface area contributed by atoms with Crippen LogP contribution in [0.5, 0.6) is 0 Å². The minimum Gasteiger partial charge on any atom is -0.478 e. The molecule has 1 saturated heterocycles. The highest BCUT2D eigenvalue weighted by molar-refractivity contribution is 9.10. The van der Waals surface area contributed by atoms with E-state index >= 15 is 0 Å². The minimum absolute atomic E-state index is 0.0325. The van der Waals surface area contributed by atoms with E-state index in [0.717, 1.165) is 5.56 Å². The molecule has 12 heteroatoms. The van der Waals surface area contributed by atoms with Gasteiger partial charge >= 0.3 is 12.1 Å². The molecule has 38 heavy (non-hydrogen) atoms. The zero-order chi connectivity index (χ0) is 28.7. The smallest absolute Gasteiger partial charge is 0.401 e. The highest BCUT2D eigenvalue weighted by atomic mass is 79.9. The Bertz CT molecular complexity index is 1230. The Morgan fingerprint density at radius 1 is 1.13 bits per heavy atom. The maximum Gasteiger partial charge on any atom is 0.401 e. The molecule has 0 spiro atoms. The van der Waals surface area contributed by atoms with Gasteiger partial charge in [0, 0.05) is 21.8 Å². The van der Waals surface area contributed by atoms with E-state index < -0.39 is 28.8 Å². The Morgan fingerprint density at radius 2 is 1.68 bits per heavy atom. The number of allylic oxidation sites excluding steroid dienone is 1. The molecule has 1 aliphatic heterocycles. The number of carboxylic acid groups (broad SMARTS) is 1. The summed E-state index contributed by atoms with van der Waals surface area (Å²) in [5.41, 5.74) is 2.27. The summed E-state index contributed by atoms with van der Waals surface area (Å²) in [5, 5.41) is 12.9. The van der Waals surface area contributed by atoms with Gasteiger partial charge in [0.2, 0.25) is 0 Å². The van der Waals surface area contributed by atoms with Crippen molar-refractivity contribution in [2.24, 2.45) is 5.92 Å². The number of halogens is 4. The minimum atomic E-state index is -4.17. The highest BCUT2D eigenvalue weighted by Gasteiger charge is 2.33. The van der Waals surface area contributed by atoms with Crippen molar-refractivity contribution in [2.75, 3.05) is 19.6 Å². The fourth-order valence-electron chi connectivity index (χ4n) is 4.25. The molecule has 0 amide bonds. The van der Waals surface area contributed by atoms with Crippen LogP contribution in [0.4, 0.5) is 13.2 Å². The average Bonchev–Trinajstić information content (AvgIpc) is 2.80. The Kier molecular flexibility index (Phi) is 11.4. The highest BCUT2D eigenvalue weighted by Crippen LogP contribution is 2.28. The van der Waals surface area contributed by atoms with E-state index in [-0.39, 0.29) is 22.4 Å². The standard InChI is InChI=1S/C19H24BrF3N2O2.C7H8O3S/c1-12(14-7-9-25(10-8-14)11-19(21,22)23)24-13(2)17(18(26)27)15-5-3-4-6-16(15)20;1-6-2-4-7(5-3-6)11(8,9)10/h3-6,12,14,24H,7-11H2,1-2H3,(H,26,27);2-5H,1H3,(H,8,9,10)/b17-13-;. The lowest BCUT2D eigenvalue weighted by atomic mass is 9.90. The van der Waals surface area contributed by atoms with Crippen molar-refractivity contribution in [3.63, 3.8) is 0 Å². The van der Waals surface area contributed by atoms with Crippen LogP contribution in [0.25, 0.3) is 5.57 Å². The fourth-order valence-corrected chi connectivity index (χ4v) is 5.21. The summed E-state index contributed by atoms with van der Waals surface area (Å²) in [6.07, 6.45) is -2.88. The van der Waals surface area contributed by atoms with Crippen LogP contribution in [-0.4, -0.2) is 60.8 Å². The van der Waals surface area contributed by atoms with Crippen molar-refractivity contribution in [1.82, 2.24) is 10.2 Å². The lowest BCUT2D eigenvalue weighted by molar-refractivity contribution is -0.148. The molecule has 0 bridgehead atoms. The van der Waals surface area contributed by atoms with Crippen molar-refractivity contribution >= 4 is 37.6 Å². The van der Waals surface area contributed by atoms with Crippen LogP contribution in [0.3, 0.4) is 0 Å². The fraction of sp³-hybridized carbons (Fsp3) is 0.423. The molecule has 0 radical (unpaired) electrons. The Labute approximate surface area is 229 Å². The molecule has 1 heterocycles. The van der Waals surface area contributed by atoms with Crippen LogP contribution >= 0.6 is 15.9 Å². The summed E-state index contributed by atoms with van der Waals surface area (Å²) in [6, 6.07) is 13.1. The third kappa shape index (κ3) is 10.0. The van der Waals surface area contributed by atoms with E-state index in [1.165, 1.54) is 17.0 Å². The lowest BCUT2D eigenvalue weighted by Crippen LogP contribution is -2.44. The second-order valence-electron chi connectivity index (χ2n) is 9.23. The largest absolute Gasteiger partial charge is 0.478 e. The number of carbonyl (C=O) groups is 1. The molecular formula is C26H32BrF3N2O5S. The van der Waals surface area contributed by atoms with Crippen molar-refractivity contribution in [2.45, 2.75) is 50.7 Å². The first kappa shape index (κ1) is 31.8. The van der Waals surface area contributed by atoms with Crippen LogP contribution in [0.1, 0.15) is 37.8 Å². The molecule has 1 atom stereocenters. The van der Waals surface area contributed by atoms with E-state index in [9.17, 15) is 31.5 Å². The first-order valence-electron chi connectivity index (χ1n) is 11.9. The topological polar surface area (TPSA) is 107 Å². The molecule has 1 aliphatic rings. The molecule has 3 rings (SSSR count). The van der Waals surface area contributed by atoms with Gasteiger partial charge in [-0.1, -0.05) is 51.8 Å². The van der Waals surface area contributed by atoms with E-state index in [4.69, 9.17) is 4.55 Å². The van der Waals surface area contributed by atoms with Crippen LogP contribution in [0.2, 0.25) is 0 Å². The number of nitrogens with one attached hydrogen (secondary N) is 1. The van der Waals surface area contributed by atoms with Gasteiger partial charge in [-0.15, -0.1) is 0 Å². The molecular weight excluding hydrogens is 589 g/mol. The van der Waals surface area contributed by atoms with Crippen molar-refractivity contribution < 1.29 is 36.0 Å². The first-order valence-corrected chi connectivity index (χ1v) is 14.1. The summed E-state index contributed by atoms with van der Waals surface area (Å²) >= 11 is 3.38. The predicted octanol–water partition coefficient (Wildman–Crippen LogP) is 5.76. The number of nitrogens with zero attached hydrogens (tertiary/aromatic N) is 1. The monoisotopic (exact) mass is 620 g/mol. The van der Waals surface area contributed by atoms with Gasteiger partial charge in [-0.2, -0.15) is 21.6 Å². The number of rotatable bonds is 7. The lowest BCUT2D eigenvalue weighted by Gasteiger charge is -2.36. The van der Waals surface area contributed by atoms with Crippen molar-refractivity contribution in [1.29, 1.82) is 0 Å². The summed E-state index contributed by atoms with van der Waals surface area (Å²) in [4.78, 5) is 13.2. The van der Waals surface area contributed by atoms with E-state index in [2.05, 4.69) is 21.2 Å². The van der Waals surface area contributed by atoms with Crippen LogP contribution in [0.15, 0.2) is 63.6 Å². The van der Waals surface area contributed by atoms with E-state index in [1.54, 1.807) is 37.3 Å². The molecule has 0 aliphatic carbocycles. The van der Waals surface area contributed by atoms with Crippen molar-refractivity contribution in [3.8, 4) is 0 Å². The second-order valence-corrected chi connectivity index (χ2v) is 11.5. The Balaban J connectivity index is 0.000000384. The van der Waals surface area contributed by atoms with Gasteiger partial charge in [-0.05, 0) is 70.8 Å². The van der Waals surface area contributed by atoms with Gasteiger partial charge in [-0.3, -0.25) is 9.45 Å². The molecule has 1 fully saturated rings. The van der Waals surface area contributed by atoms with Gasteiger partial charge in [0.05, 0.1) is 17.0 Å². The third-order valence-corrected chi connectivity index (χ3v) is 7.80. The number of piperidine rings is 1. The van der Waals surface area contributed by atoms with Gasteiger partial charge in [0.15, 0.2) is 0 Å². The molecule has 1 unspecified atom stereocenters. The number of likely N-dealkylation sites (tertiary alicyclic amines) is 1. The number of benzene rings is 2. The number of aryl methyl sites for hydroxylation is 1. The SMILES string of the molecule is C/C(NC(C)C1CCN(CC(F)(F)F)CC1)=C(/C(=O)O)c1ccccc1Br.Cc1ccc(S(=O)(=O)O)cc1. The number of carboxylic acids is 1. The summed E-state index contributed by atoms with van der Waals surface area (Å²) in [5.74, 6) is -0.835. The average molecular weight is 622 g/mol. The second kappa shape index (κ2) is 13.6. The number of alkyl halides is 3. The maximum absolute atomic E-state index is 12.5. The van der Waals surface area contributed by atoms with Gasteiger partial charge in [0.25, 0.3) is 10.1 Å². The van der Waals surface area contributed by atoms with E-state index in [1.807, 2.05) is 19.9 Å². The van der Waals surface area contributed by atoms with Crippen LogP contribution in [-0.2, 0) is 14.9 Å².